The Labute approximate surface area is 190 Å². The molecular formula is C24H26N4O5. The number of benzene rings is 2. The van der Waals surface area contributed by atoms with Crippen LogP contribution in [0.25, 0.3) is 22.2 Å². The van der Waals surface area contributed by atoms with Crippen LogP contribution >= 0.6 is 0 Å². The fourth-order valence-electron chi connectivity index (χ4n) is 3.88. The number of nitrogens with one attached hydrogen (secondary N) is 1. The summed E-state index contributed by atoms with van der Waals surface area (Å²) in [6, 6.07) is 14.5. The zero-order valence-electron chi connectivity index (χ0n) is 18.4. The Balaban J connectivity index is 1.38. The number of aromatic nitrogens is 1. The molecule has 2 heterocycles. The Morgan fingerprint density at radius 3 is 2.58 bits per heavy atom. The number of aliphatic hydroxyl groups is 1. The van der Waals surface area contributed by atoms with Crippen LogP contribution in [0.15, 0.2) is 51.7 Å². The smallest absolute Gasteiger partial charge is 0.408 e. The summed E-state index contributed by atoms with van der Waals surface area (Å²) in [4.78, 5) is 26.0. The van der Waals surface area contributed by atoms with Gasteiger partial charge in [0.05, 0.1) is 24.8 Å². The van der Waals surface area contributed by atoms with Crippen LogP contribution in [0.4, 0.5) is 0 Å². The van der Waals surface area contributed by atoms with E-state index in [-0.39, 0.29) is 6.54 Å². The average molecular weight is 450 g/mol. The van der Waals surface area contributed by atoms with Crippen molar-refractivity contribution >= 4 is 17.0 Å². The number of oxazole rings is 1. The van der Waals surface area contributed by atoms with Crippen LogP contribution in [0.1, 0.15) is 5.56 Å². The summed E-state index contributed by atoms with van der Waals surface area (Å²) in [6.45, 7) is 2.72. The maximum absolute atomic E-state index is 12.3. The summed E-state index contributed by atoms with van der Waals surface area (Å²) < 4.78 is 11.9. The number of ether oxygens (including phenoxy) is 1. The van der Waals surface area contributed by atoms with E-state index in [1.807, 2.05) is 41.3 Å². The minimum atomic E-state index is -1.20. The second-order valence-corrected chi connectivity index (χ2v) is 8.13. The number of nitriles is 1. The summed E-state index contributed by atoms with van der Waals surface area (Å²) in [5, 5.41) is 22.3. The van der Waals surface area contributed by atoms with Crippen molar-refractivity contribution in [2.24, 2.45) is 7.05 Å². The molecule has 1 aromatic heterocycles. The first-order chi connectivity index (χ1) is 15.9. The number of amides is 1. The van der Waals surface area contributed by atoms with E-state index in [9.17, 15) is 20.0 Å². The van der Waals surface area contributed by atoms with Gasteiger partial charge in [0.2, 0.25) is 0 Å². The molecule has 1 aliphatic heterocycles. The Bertz CT molecular complexity index is 1220. The standard InChI is InChI=1S/C24H26N4O5/c1-27-20-13-18(6-7-22(20)33-24(27)31)17-4-2-16(3-5-17)12-19(14-25)26-23(30)21(29)15-28-8-10-32-11-9-28/h2-7,13,19,21,29H,8-12,15H2,1H3,(H,26,30)/t19-,21-/m0/s1. The Morgan fingerprint density at radius 2 is 1.88 bits per heavy atom. The number of hydrogen-bond acceptors (Lipinski definition) is 7. The number of β-amino-alcohol motifs (C(OH)–C–C–N with tert-alkyl or cyclic N) is 1. The largest absolute Gasteiger partial charge is 0.419 e. The molecule has 0 spiro atoms. The monoisotopic (exact) mass is 450 g/mol. The highest BCUT2D eigenvalue weighted by molar-refractivity contribution is 5.81. The first kappa shape index (κ1) is 22.7. The van der Waals surface area contributed by atoms with E-state index in [0.717, 1.165) is 16.7 Å². The number of morpholine rings is 1. The molecule has 1 aliphatic rings. The highest BCUT2D eigenvalue weighted by Gasteiger charge is 2.23. The third kappa shape index (κ3) is 5.31. The molecule has 0 unspecified atom stereocenters. The van der Waals surface area contributed by atoms with Crippen molar-refractivity contribution < 1.29 is 19.1 Å². The van der Waals surface area contributed by atoms with Crippen molar-refractivity contribution in [2.75, 3.05) is 32.8 Å². The van der Waals surface area contributed by atoms with Crippen molar-refractivity contribution in [3.8, 4) is 17.2 Å². The van der Waals surface area contributed by atoms with Crippen LogP contribution in [-0.4, -0.2) is 65.5 Å². The van der Waals surface area contributed by atoms with Crippen LogP contribution in [0.2, 0.25) is 0 Å². The number of carbonyl (C=O) groups is 1. The molecule has 9 nitrogen and oxygen atoms in total. The van der Waals surface area contributed by atoms with Gasteiger partial charge >= 0.3 is 5.76 Å². The summed E-state index contributed by atoms with van der Waals surface area (Å²) in [6.07, 6.45) is -0.877. The predicted molar refractivity (Wildman–Crippen MR) is 121 cm³/mol. The SMILES string of the molecule is Cn1c(=O)oc2ccc(-c3ccc(C[C@@H](C#N)NC(=O)[C@@H](O)CN4CCOCC4)cc3)cc21. The van der Waals surface area contributed by atoms with Gasteiger partial charge in [-0.2, -0.15) is 5.26 Å². The summed E-state index contributed by atoms with van der Waals surface area (Å²) in [5.41, 5.74) is 4.01. The van der Waals surface area contributed by atoms with Crippen molar-refractivity contribution in [3.63, 3.8) is 0 Å². The number of hydrogen-bond donors (Lipinski definition) is 2. The second-order valence-electron chi connectivity index (χ2n) is 8.13. The molecule has 0 saturated carbocycles. The van der Waals surface area contributed by atoms with E-state index in [0.29, 0.717) is 43.8 Å². The first-order valence-electron chi connectivity index (χ1n) is 10.8. The van der Waals surface area contributed by atoms with Gasteiger partial charge < -0.3 is 19.6 Å². The fraction of sp³-hybridized carbons (Fsp3) is 0.375. The van der Waals surface area contributed by atoms with Crippen LogP contribution in [0.3, 0.4) is 0 Å². The summed E-state index contributed by atoms with van der Waals surface area (Å²) in [5.74, 6) is -0.958. The minimum Gasteiger partial charge on any atom is -0.408 e. The molecule has 0 aliphatic carbocycles. The minimum absolute atomic E-state index is 0.217. The Hall–Kier alpha value is -3.45. The van der Waals surface area contributed by atoms with E-state index < -0.39 is 23.8 Å². The number of rotatable bonds is 7. The maximum atomic E-state index is 12.3. The summed E-state index contributed by atoms with van der Waals surface area (Å²) in [7, 11) is 1.66. The van der Waals surface area contributed by atoms with E-state index in [1.54, 1.807) is 13.1 Å². The molecule has 172 valence electrons. The van der Waals surface area contributed by atoms with E-state index >= 15 is 0 Å². The number of carbonyl (C=O) groups excluding carboxylic acids is 1. The van der Waals surface area contributed by atoms with Gasteiger partial charge in [-0.15, -0.1) is 0 Å². The van der Waals surface area contributed by atoms with E-state index in [2.05, 4.69) is 11.4 Å². The molecule has 2 aromatic carbocycles. The van der Waals surface area contributed by atoms with Gasteiger partial charge in [-0.05, 0) is 28.8 Å². The molecule has 33 heavy (non-hydrogen) atoms. The van der Waals surface area contributed by atoms with Crippen LogP contribution in [0.5, 0.6) is 0 Å². The number of nitrogens with zero attached hydrogens (tertiary/aromatic N) is 3. The lowest BCUT2D eigenvalue weighted by Gasteiger charge is -2.28. The van der Waals surface area contributed by atoms with Crippen molar-refractivity contribution in [2.45, 2.75) is 18.6 Å². The van der Waals surface area contributed by atoms with Gasteiger partial charge in [0, 0.05) is 33.1 Å². The molecule has 4 rings (SSSR count). The Kier molecular flexibility index (Phi) is 6.89. The van der Waals surface area contributed by atoms with Crippen LogP contribution in [0, 0.1) is 11.3 Å². The van der Waals surface area contributed by atoms with Gasteiger partial charge in [0.1, 0.15) is 12.1 Å². The maximum Gasteiger partial charge on any atom is 0.419 e. The van der Waals surface area contributed by atoms with Crippen LogP contribution in [-0.2, 0) is 23.0 Å². The molecule has 2 N–H and O–H groups in total. The molecule has 3 aromatic rings. The lowest BCUT2D eigenvalue weighted by atomic mass is 10.0. The van der Waals surface area contributed by atoms with Gasteiger partial charge in [-0.25, -0.2) is 4.79 Å². The third-order valence-corrected chi connectivity index (χ3v) is 5.83. The quantitative estimate of drug-likeness (QED) is 0.552. The molecular weight excluding hydrogens is 424 g/mol. The van der Waals surface area contributed by atoms with E-state index in [4.69, 9.17) is 9.15 Å². The highest BCUT2D eigenvalue weighted by Crippen LogP contribution is 2.24. The molecule has 9 heteroatoms. The normalized spacial score (nSPS) is 16.3. The van der Waals surface area contributed by atoms with Gasteiger partial charge in [-0.3, -0.25) is 14.3 Å². The average Bonchev–Trinajstić information content (AvgIpc) is 3.12. The van der Waals surface area contributed by atoms with Gasteiger partial charge in [-0.1, -0.05) is 30.3 Å². The van der Waals surface area contributed by atoms with Gasteiger partial charge in [0.25, 0.3) is 5.91 Å². The molecule has 0 radical (unpaired) electrons. The first-order valence-corrected chi connectivity index (χ1v) is 10.8. The summed E-state index contributed by atoms with van der Waals surface area (Å²) >= 11 is 0. The predicted octanol–water partition coefficient (Wildman–Crippen LogP) is 1.04. The lowest BCUT2D eigenvalue weighted by molar-refractivity contribution is -0.131. The lowest BCUT2D eigenvalue weighted by Crippen LogP contribution is -2.48. The molecule has 2 atom stereocenters. The third-order valence-electron chi connectivity index (χ3n) is 5.83. The molecule has 1 fully saturated rings. The second kappa shape index (κ2) is 10.0. The fourth-order valence-corrected chi connectivity index (χ4v) is 3.88. The van der Waals surface area contributed by atoms with Gasteiger partial charge in [0.15, 0.2) is 5.58 Å². The van der Waals surface area contributed by atoms with Crippen molar-refractivity contribution in [1.82, 2.24) is 14.8 Å². The zero-order valence-corrected chi connectivity index (χ0v) is 18.4. The van der Waals surface area contributed by atoms with Crippen molar-refractivity contribution in [1.29, 1.82) is 5.26 Å². The molecule has 1 saturated heterocycles. The van der Waals surface area contributed by atoms with Crippen LogP contribution < -0.4 is 11.1 Å². The number of aryl methyl sites for hydroxylation is 1. The Morgan fingerprint density at radius 1 is 1.18 bits per heavy atom. The molecule has 1 amide bonds. The zero-order chi connectivity index (χ0) is 23.4. The topological polar surface area (TPSA) is 121 Å². The van der Waals surface area contributed by atoms with Crippen molar-refractivity contribution in [3.05, 3.63) is 58.6 Å². The van der Waals surface area contributed by atoms with E-state index in [1.165, 1.54) is 4.57 Å². The number of fused-ring (bicyclic) bond motifs is 1. The number of aliphatic hydroxyl groups excluding tert-OH is 1. The highest BCUT2D eigenvalue weighted by atomic mass is 16.5. The molecule has 0 bridgehead atoms.